The number of rotatable bonds is 3. The quantitative estimate of drug-likeness (QED) is 0.450. The van der Waals surface area contributed by atoms with Gasteiger partial charge in [-0.1, -0.05) is 0 Å². The van der Waals surface area contributed by atoms with Crippen LogP contribution in [0, 0.1) is 0 Å². The van der Waals surface area contributed by atoms with E-state index in [1.54, 1.807) is 13.8 Å². The smallest absolute Gasteiger partial charge is 0.221 e. The van der Waals surface area contributed by atoms with E-state index in [0.29, 0.717) is 0 Å². The lowest BCUT2D eigenvalue weighted by Gasteiger charge is -2.44. The average Bonchev–Trinajstić information content (AvgIpc) is 2.19. The van der Waals surface area contributed by atoms with Crippen LogP contribution >= 0.6 is 0 Å². The van der Waals surface area contributed by atoms with Gasteiger partial charge in [0, 0.05) is 0 Å². The largest absolute Gasteiger partial charge is 0.391 e. The first-order chi connectivity index (χ1) is 6.93. The van der Waals surface area contributed by atoms with Crippen molar-refractivity contribution >= 4 is 0 Å². The molecule has 0 aromatic carbocycles. The van der Waals surface area contributed by atoms with Crippen LogP contribution < -0.4 is 0 Å². The fraction of sp³-hybridized carbons (Fsp3) is 1.00. The molecule has 0 unspecified atom stereocenters. The zero-order valence-electron chi connectivity index (χ0n) is 8.83. The number of hydrogen-bond acceptors (Lipinski definition) is 6. The van der Waals surface area contributed by atoms with E-state index in [2.05, 4.69) is 0 Å². The van der Waals surface area contributed by atoms with Gasteiger partial charge in [0.15, 0.2) is 0 Å². The Labute approximate surface area is 88.1 Å². The summed E-state index contributed by atoms with van der Waals surface area (Å²) in [5.74, 6) is -1.65. The van der Waals surface area contributed by atoms with Crippen LogP contribution in [0.3, 0.4) is 0 Å². The van der Waals surface area contributed by atoms with Crippen LogP contribution in [0.1, 0.15) is 13.8 Å². The molecule has 1 aliphatic heterocycles. The molecule has 4 atom stereocenters. The molecule has 0 aliphatic carbocycles. The van der Waals surface area contributed by atoms with Gasteiger partial charge < -0.3 is 29.9 Å². The van der Waals surface area contributed by atoms with Crippen LogP contribution in [0.15, 0.2) is 0 Å². The Morgan fingerprint density at radius 3 is 2.47 bits per heavy atom. The SMILES string of the molecule is CC(C)O[C@]1(CO)OC[C@@H](O)[C@@H](O)[C@@H]1O. The van der Waals surface area contributed by atoms with Crippen LogP contribution in [0.4, 0.5) is 0 Å². The number of ether oxygens (including phenoxy) is 2. The summed E-state index contributed by atoms with van der Waals surface area (Å²) >= 11 is 0. The van der Waals surface area contributed by atoms with Crippen molar-refractivity contribution in [3.8, 4) is 0 Å². The van der Waals surface area contributed by atoms with Crippen molar-refractivity contribution in [1.82, 2.24) is 0 Å². The second kappa shape index (κ2) is 4.73. The topological polar surface area (TPSA) is 99.4 Å². The summed E-state index contributed by atoms with van der Waals surface area (Å²) in [5.41, 5.74) is 0. The number of aliphatic hydroxyl groups excluding tert-OH is 4. The van der Waals surface area contributed by atoms with Gasteiger partial charge in [0.05, 0.1) is 12.7 Å². The highest BCUT2D eigenvalue weighted by molar-refractivity contribution is 4.92. The third-order valence-electron chi connectivity index (χ3n) is 2.32. The third kappa shape index (κ3) is 2.47. The molecule has 6 heteroatoms. The van der Waals surface area contributed by atoms with Crippen LogP contribution in [0.25, 0.3) is 0 Å². The number of aliphatic hydroxyl groups is 4. The Morgan fingerprint density at radius 2 is 2.00 bits per heavy atom. The minimum absolute atomic E-state index is 0.189. The lowest BCUT2D eigenvalue weighted by Crippen LogP contribution is -2.64. The molecule has 6 nitrogen and oxygen atoms in total. The summed E-state index contributed by atoms with van der Waals surface area (Å²) in [6, 6.07) is 0. The van der Waals surface area contributed by atoms with E-state index < -0.39 is 30.7 Å². The molecule has 1 heterocycles. The first-order valence-corrected chi connectivity index (χ1v) is 4.90. The fourth-order valence-electron chi connectivity index (χ4n) is 1.56. The highest BCUT2D eigenvalue weighted by Crippen LogP contribution is 2.28. The molecule has 4 N–H and O–H groups in total. The molecule has 0 radical (unpaired) electrons. The standard InChI is InChI=1S/C9H18O6/c1-5(2)15-9(4-10)8(13)7(12)6(11)3-14-9/h5-8,10-13H,3-4H2,1-2H3/t6-,7-,8+,9+/m1/s1. The van der Waals surface area contributed by atoms with Gasteiger partial charge in [0.1, 0.15) is 24.9 Å². The number of hydrogen-bond donors (Lipinski definition) is 4. The molecule has 1 saturated heterocycles. The van der Waals surface area contributed by atoms with E-state index in [0.717, 1.165) is 0 Å². The average molecular weight is 222 g/mol. The van der Waals surface area contributed by atoms with E-state index in [9.17, 15) is 15.3 Å². The molecular weight excluding hydrogens is 204 g/mol. The highest BCUT2D eigenvalue weighted by atomic mass is 16.7. The zero-order valence-corrected chi connectivity index (χ0v) is 8.83. The summed E-state index contributed by atoms with van der Waals surface area (Å²) in [6.07, 6.45) is -4.32. The third-order valence-corrected chi connectivity index (χ3v) is 2.32. The van der Waals surface area contributed by atoms with E-state index >= 15 is 0 Å². The second-order valence-corrected chi connectivity index (χ2v) is 3.95. The summed E-state index contributed by atoms with van der Waals surface area (Å²) in [4.78, 5) is 0. The van der Waals surface area contributed by atoms with E-state index in [4.69, 9.17) is 14.6 Å². The van der Waals surface area contributed by atoms with E-state index in [1.165, 1.54) is 0 Å². The van der Waals surface area contributed by atoms with Crippen molar-refractivity contribution in [2.75, 3.05) is 13.2 Å². The summed E-state index contributed by atoms with van der Waals surface area (Å²) in [5, 5.41) is 37.5. The summed E-state index contributed by atoms with van der Waals surface area (Å²) < 4.78 is 10.4. The Balaban J connectivity index is 2.80. The van der Waals surface area contributed by atoms with Gasteiger partial charge in [-0.2, -0.15) is 0 Å². The van der Waals surface area contributed by atoms with Crippen LogP contribution in [0.5, 0.6) is 0 Å². The van der Waals surface area contributed by atoms with Gasteiger partial charge in [-0.05, 0) is 13.8 Å². The molecule has 1 fully saturated rings. The molecule has 15 heavy (non-hydrogen) atoms. The van der Waals surface area contributed by atoms with Gasteiger partial charge in [0.25, 0.3) is 0 Å². The second-order valence-electron chi connectivity index (χ2n) is 3.95. The van der Waals surface area contributed by atoms with Crippen LogP contribution in [-0.4, -0.2) is 63.8 Å². The Hall–Kier alpha value is -0.240. The summed E-state index contributed by atoms with van der Waals surface area (Å²) in [7, 11) is 0. The molecule has 1 rings (SSSR count). The van der Waals surface area contributed by atoms with Gasteiger partial charge in [-0.3, -0.25) is 0 Å². The minimum Gasteiger partial charge on any atom is -0.391 e. The van der Waals surface area contributed by atoms with Crippen molar-refractivity contribution in [2.45, 2.75) is 44.1 Å². The van der Waals surface area contributed by atoms with E-state index in [1.807, 2.05) is 0 Å². The maximum absolute atomic E-state index is 9.69. The van der Waals surface area contributed by atoms with Crippen LogP contribution in [0.2, 0.25) is 0 Å². The Morgan fingerprint density at radius 1 is 1.40 bits per heavy atom. The zero-order chi connectivity index (χ0) is 11.6. The predicted molar refractivity (Wildman–Crippen MR) is 50.0 cm³/mol. The highest BCUT2D eigenvalue weighted by Gasteiger charge is 2.50. The van der Waals surface area contributed by atoms with Gasteiger partial charge in [-0.15, -0.1) is 0 Å². The fourth-order valence-corrected chi connectivity index (χ4v) is 1.56. The molecule has 0 aromatic heterocycles. The maximum atomic E-state index is 9.69. The molecular formula is C9H18O6. The first kappa shape index (κ1) is 12.8. The molecule has 90 valence electrons. The summed E-state index contributed by atoms with van der Waals surface area (Å²) in [6.45, 7) is 2.65. The lowest BCUT2D eigenvalue weighted by molar-refractivity contribution is -0.357. The van der Waals surface area contributed by atoms with Crippen molar-refractivity contribution in [2.24, 2.45) is 0 Å². The van der Waals surface area contributed by atoms with E-state index in [-0.39, 0.29) is 12.7 Å². The molecule has 1 aliphatic rings. The molecule has 0 spiro atoms. The van der Waals surface area contributed by atoms with Crippen molar-refractivity contribution in [3.63, 3.8) is 0 Å². The lowest BCUT2D eigenvalue weighted by atomic mass is 9.97. The van der Waals surface area contributed by atoms with Gasteiger partial charge in [0.2, 0.25) is 5.79 Å². The van der Waals surface area contributed by atoms with Crippen LogP contribution in [-0.2, 0) is 9.47 Å². The monoisotopic (exact) mass is 222 g/mol. The van der Waals surface area contributed by atoms with Crippen molar-refractivity contribution in [1.29, 1.82) is 0 Å². The molecule has 0 saturated carbocycles. The Bertz CT molecular complexity index is 209. The van der Waals surface area contributed by atoms with Crippen molar-refractivity contribution < 1.29 is 29.9 Å². The maximum Gasteiger partial charge on any atom is 0.221 e. The van der Waals surface area contributed by atoms with Gasteiger partial charge in [-0.25, -0.2) is 0 Å². The molecule has 0 aromatic rings. The predicted octanol–water partition coefficient (Wildman–Crippen LogP) is -1.79. The normalized spacial score (nSPS) is 42.2. The van der Waals surface area contributed by atoms with Crippen molar-refractivity contribution in [3.05, 3.63) is 0 Å². The first-order valence-electron chi connectivity index (χ1n) is 4.90. The molecule has 0 amide bonds. The molecule has 0 bridgehead atoms. The van der Waals surface area contributed by atoms with Gasteiger partial charge >= 0.3 is 0 Å². The minimum atomic E-state index is -1.65. The Kier molecular flexibility index (Phi) is 4.05.